The van der Waals surface area contributed by atoms with Crippen LogP contribution >= 0.6 is 66.4 Å². The van der Waals surface area contributed by atoms with Gasteiger partial charge in [0, 0.05) is 15.6 Å². The summed E-state index contributed by atoms with van der Waals surface area (Å²) in [7, 11) is 3.10. The average Bonchev–Trinajstić information content (AvgIpc) is 3.30. The predicted octanol–water partition coefficient (Wildman–Crippen LogP) is 7.23. The Morgan fingerprint density at radius 2 is 1.80 bits per heavy atom. The lowest BCUT2D eigenvalue weighted by Gasteiger charge is -2.25. The van der Waals surface area contributed by atoms with E-state index in [1.807, 2.05) is 18.2 Å². The van der Waals surface area contributed by atoms with Crippen LogP contribution in [-0.4, -0.2) is 31.4 Å². The number of hydrogen-bond acceptors (Lipinski definition) is 8. The van der Waals surface area contributed by atoms with Crippen molar-refractivity contribution in [3.8, 4) is 17.2 Å². The normalized spacial score (nSPS) is 14.6. The zero-order valence-electron chi connectivity index (χ0n) is 24.5. The van der Waals surface area contributed by atoms with Crippen molar-refractivity contribution in [3.05, 3.63) is 115 Å². The molecule has 45 heavy (non-hydrogen) atoms. The van der Waals surface area contributed by atoms with Crippen LogP contribution in [0.1, 0.15) is 36.6 Å². The smallest absolute Gasteiger partial charge is 0.338 e. The number of hydrogen-bond donors (Lipinski definition) is 0. The third-order valence-electron chi connectivity index (χ3n) is 6.95. The molecule has 0 aliphatic carbocycles. The Morgan fingerprint density at radius 3 is 2.47 bits per heavy atom. The fourth-order valence-corrected chi connectivity index (χ4v) is 7.51. The molecule has 0 saturated heterocycles. The molecule has 1 aliphatic rings. The van der Waals surface area contributed by atoms with Crippen LogP contribution in [0, 0.1) is 0 Å². The van der Waals surface area contributed by atoms with Crippen LogP contribution in [0.2, 0.25) is 10.0 Å². The number of nitrogens with zero attached hydrogens (tertiary/aromatic N) is 2. The molecule has 2 heterocycles. The first-order chi connectivity index (χ1) is 21.6. The van der Waals surface area contributed by atoms with Crippen LogP contribution in [-0.2, 0) is 16.1 Å². The van der Waals surface area contributed by atoms with Gasteiger partial charge in [0.2, 0.25) is 0 Å². The standard InChI is InChI=1S/C32H26Br2Cl2N2O6S/c1-5-43-31(40)27-16(2)37-32-38(28(27)18-7-9-24(41-3)21(33)13-18)30(39)26(45-32)12-17-10-22(34)29(25(11-17)42-4)44-15-19-6-8-20(35)14-23(19)36/h6-14,28H,5,15H2,1-4H3/b26-12+/t28-/m0/s1. The third kappa shape index (κ3) is 6.88. The third-order valence-corrected chi connectivity index (χ3v) is 9.72. The van der Waals surface area contributed by atoms with Crippen molar-refractivity contribution in [2.75, 3.05) is 20.8 Å². The Morgan fingerprint density at radius 1 is 1.04 bits per heavy atom. The molecule has 5 rings (SSSR count). The predicted molar refractivity (Wildman–Crippen MR) is 183 cm³/mol. The van der Waals surface area contributed by atoms with E-state index in [0.29, 0.717) is 68.0 Å². The summed E-state index contributed by atoms with van der Waals surface area (Å²) in [4.78, 5) is 32.3. The molecule has 1 aliphatic heterocycles. The monoisotopic (exact) mass is 794 g/mol. The highest BCUT2D eigenvalue weighted by atomic mass is 79.9. The molecule has 13 heteroatoms. The molecule has 4 aromatic rings. The quantitative estimate of drug-likeness (QED) is 0.166. The first-order valence-corrected chi connectivity index (χ1v) is 16.7. The lowest BCUT2D eigenvalue weighted by molar-refractivity contribution is -0.139. The Labute approximate surface area is 289 Å². The summed E-state index contributed by atoms with van der Waals surface area (Å²) in [5, 5.41) is 1.03. The van der Waals surface area contributed by atoms with Gasteiger partial charge in [-0.3, -0.25) is 9.36 Å². The summed E-state index contributed by atoms with van der Waals surface area (Å²) < 4.78 is 25.7. The fourth-order valence-electron chi connectivity index (χ4n) is 4.86. The van der Waals surface area contributed by atoms with Gasteiger partial charge in [-0.2, -0.15) is 0 Å². The van der Waals surface area contributed by atoms with E-state index in [0.717, 1.165) is 5.56 Å². The number of carbonyl (C=O) groups is 1. The maximum atomic E-state index is 14.0. The van der Waals surface area contributed by atoms with Crippen LogP contribution in [0.15, 0.2) is 78.5 Å². The molecule has 8 nitrogen and oxygen atoms in total. The number of benzene rings is 3. The van der Waals surface area contributed by atoms with Crippen LogP contribution in [0.25, 0.3) is 6.08 Å². The number of rotatable bonds is 9. The number of methoxy groups -OCH3 is 2. The molecule has 0 radical (unpaired) electrons. The van der Waals surface area contributed by atoms with Crippen LogP contribution < -0.4 is 29.1 Å². The molecule has 1 aromatic heterocycles. The van der Waals surface area contributed by atoms with Crippen LogP contribution in [0.5, 0.6) is 17.2 Å². The number of ether oxygens (including phenoxy) is 4. The molecule has 0 saturated carbocycles. The molecular formula is C32H26Br2Cl2N2O6S. The second-order valence-corrected chi connectivity index (χ2v) is 13.3. The van der Waals surface area contributed by atoms with Crippen molar-refractivity contribution < 1.29 is 23.7 Å². The van der Waals surface area contributed by atoms with Gasteiger partial charge >= 0.3 is 5.97 Å². The number of thiazole rings is 1. The number of fused-ring (bicyclic) bond motifs is 1. The largest absolute Gasteiger partial charge is 0.496 e. The molecule has 1 atom stereocenters. The SMILES string of the molecule is CCOC(=O)C1=C(C)N=c2s/c(=C/c3cc(Br)c(OCc4ccc(Cl)cc4Cl)c(OC)c3)c(=O)n2[C@H]1c1ccc(OC)c(Br)c1. The van der Waals surface area contributed by atoms with E-state index >= 15 is 0 Å². The minimum atomic E-state index is -0.763. The summed E-state index contributed by atoms with van der Waals surface area (Å²) in [6.45, 7) is 3.85. The molecule has 3 aromatic carbocycles. The molecule has 0 bridgehead atoms. The van der Waals surface area contributed by atoms with Gasteiger partial charge in [-0.25, -0.2) is 9.79 Å². The average molecular weight is 797 g/mol. The van der Waals surface area contributed by atoms with E-state index in [-0.39, 0.29) is 18.8 Å². The molecule has 0 N–H and O–H groups in total. The Hall–Kier alpha value is -3.09. The topological polar surface area (TPSA) is 88.4 Å². The second-order valence-electron chi connectivity index (χ2n) is 9.75. The van der Waals surface area contributed by atoms with Gasteiger partial charge in [0.05, 0.1) is 51.6 Å². The van der Waals surface area contributed by atoms with Gasteiger partial charge in [-0.1, -0.05) is 46.7 Å². The lowest BCUT2D eigenvalue weighted by atomic mass is 9.96. The Bertz CT molecular complexity index is 2020. The van der Waals surface area contributed by atoms with Gasteiger partial charge in [0.1, 0.15) is 12.4 Å². The van der Waals surface area contributed by atoms with E-state index < -0.39 is 12.0 Å². The van der Waals surface area contributed by atoms with Crippen LogP contribution in [0.3, 0.4) is 0 Å². The van der Waals surface area contributed by atoms with Gasteiger partial charge in [0.15, 0.2) is 16.3 Å². The van der Waals surface area contributed by atoms with Crippen LogP contribution in [0.4, 0.5) is 0 Å². The first kappa shape index (κ1) is 33.3. The van der Waals surface area contributed by atoms with Crippen molar-refractivity contribution >= 4 is 78.4 Å². The fraction of sp³-hybridized carbons (Fsp3) is 0.219. The number of allylic oxidation sites excluding steroid dienone is 1. The number of esters is 1. The van der Waals surface area contributed by atoms with E-state index in [4.69, 9.17) is 42.1 Å². The Balaban J connectivity index is 1.58. The van der Waals surface area contributed by atoms with E-state index in [1.54, 1.807) is 57.4 Å². The van der Waals surface area contributed by atoms with Gasteiger partial charge < -0.3 is 18.9 Å². The molecule has 0 unspecified atom stereocenters. The van der Waals surface area contributed by atoms with Crippen molar-refractivity contribution in [1.82, 2.24) is 4.57 Å². The summed E-state index contributed by atoms with van der Waals surface area (Å²) >= 11 is 20.7. The van der Waals surface area contributed by atoms with Gasteiger partial charge in [-0.15, -0.1) is 0 Å². The summed E-state index contributed by atoms with van der Waals surface area (Å²) in [6, 6.07) is 13.5. The highest BCUT2D eigenvalue weighted by Gasteiger charge is 2.33. The maximum Gasteiger partial charge on any atom is 0.338 e. The number of aromatic nitrogens is 1. The molecular weight excluding hydrogens is 771 g/mol. The van der Waals surface area contributed by atoms with E-state index in [9.17, 15) is 9.59 Å². The van der Waals surface area contributed by atoms with Crippen molar-refractivity contribution in [2.45, 2.75) is 26.5 Å². The highest BCUT2D eigenvalue weighted by Crippen LogP contribution is 2.38. The Kier molecular flexibility index (Phi) is 10.4. The maximum absolute atomic E-state index is 14.0. The first-order valence-electron chi connectivity index (χ1n) is 13.5. The molecule has 234 valence electrons. The molecule has 0 amide bonds. The molecule has 0 spiro atoms. The number of halogens is 4. The highest BCUT2D eigenvalue weighted by molar-refractivity contribution is 9.11. The summed E-state index contributed by atoms with van der Waals surface area (Å²) in [5.41, 5.74) is 2.60. The zero-order valence-corrected chi connectivity index (χ0v) is 30.0. The van der Waals surface area contributed by atoms with E-state index in [1.165, 1.54) is 23.0 Å². The zero-order chi connectivity index (χ0) is 32.4. The summed E-state index contributed by atoms with van der Waals surface area (Å²) in [6.07, 6.45) is 1.75. The van der Waals surface area contributed by atoms with Gasteiger partial charge in [-0.05, 0) is 99.3 Å². The minimum absolute atomic E-state index is 0.183. The second kappa shape index (κ2) is 14.1. The van der Waals surface area contributed by atoms with Crippen molar-refractivity contribution in [2.24, 2.45) is 4.99 Å². The molecule has 0 fully saturated rings. The minimum Gasteiger partial charge on any atom is -0.496 e. The number of carbonyl (C=O) groups excluding carboxylic acids is 1. The van der Waals surface area contributed by atoms with Crippen molar-refractivity contribution in [1.29, 1.82) is 0 Å². The van der Waals surface area contributed by atoms with Gasteiger partial charge in [0.25, 0.3) is 5.56 Å². The van der Waals surface area contributed by atoms with Crippen molar-refractivity contribution in [3.63, 3.8) is 0 Å². The van der Waals surface area contributed by atoms with E-state index in [2.05, 4.69) is 36.9 Å². The lowest BCUT2D eigenvalue weighted by Crippen LogP contribution is -2.40. The summed E-state index contributed by atoms with van der Waals surface area (Å²) in [5.74, 6) is 1.01.